The summed E-state index contributed by atoms with van der Waals surface area (Å²) in [6.07, 6.45) is 8.54. The molecule has 4 heteroatoms. The Hall–Kier alpha value is -1.13. The third kappa shape index (κ3) is 3.55. The van der Waals surface area contributed by atoms with Crippen LogP contribution in [0.2, 0.25) is 0 Å². The molecular formula is C17H23NO2S. The zero-order valence-electron chi connectivity index (χ0n) is 12.3. The number of ether oxygens (including phenoxy) is 2. The van der Waals surface area contributed by atoms with Crippen LogP contribution < -0.4 is 10.5 Å². The summed E-state index contributed by atoms with van der Waals surface area (Å²) in [4.78, 5) is 0.425. The van der Waals surface area contributed by atoms with Gasteiger partial charge in [-0.2, -0.15) is 0 Å². The van der Waals surface area contributed by atoms with Crippen LogP contribution in [0.25, 0.3) is 0 Å². The molecule has 2 aliphatic rings. The van der Waals surface area contributed by atoms with E-state index in [1.807, 2.05) is 24.3 Å². The molecule has 2 fully saturated rings. The van der Waals surface area contributed by atoms with Gasteiger partial charge in [-0.15, -0.1) is 0 Å². The molecule has 1 aliphatic heterocycles. The maximum Gasteiger partial charge on any atom is 0.119 e. The number of rotatable bonds is 3. The normalized spacial score (nSPS) is 24.7. The molecule has 0 bridgehead atoms. The molecule has 1 saturated carbocycles. The summed E-state index contributed by atoms with van der Waals surface area (Å²) >= 11 is 4.97. The summed E-state index contributed by atoms with van der Waals surface area (Å²) in [5.74, 6) is 0.896. The number of hydrogen-bond donors (Lipinski definition) is 1. The van der Waals surface area contributed by atoms with E-state index >= 15 is 0 Å². The predicted octanol–water partition coefficient (Wildman–Crippen LogP) is 3.58. The van der Waals surface area contributed by atoms with Crippen LogP contribution in [-0.2, 0) is 4.74 Å². The fourth-order valence-electron chi connectivity index (χ4n) is 3.52. The Morgan fingerprint density at radius 3 is 2.57 bits per heavy atom. The first kappa shape index (κ1) is 14.8. The molecule has 1 atom stereocenters. The highest BCUT2D eigenvalue weighted by Crippen LogP contribution is 2.39. The highest BCUT2D eigenvalue weighted by Gasteiger charge is 2.39. The van der Waals surface area contributed by atoms with Crippen LogP contribution in [0.4, 0.5) is 0 Å². The lowest BCUT2D eigenvalue weighted by molar-refractivity contribution is -0.129. The molecule has 1 saturated heterocycles. The van der Waals surface area contributed by atoms with Crippen LogP contribution in [0.3, 0.4) is 0 Å². The van der Waals surface area contributed by atoms with E-state index in [1.165, 1.54) is 32.1 Å². The monoisotopic (exact) mass is 305 g/mol. The molecule has 0 radical (unpaired) electrons. The fraction of sp³-hybridized carbons (Fsp3) is 0.588. The second kappa shape index (κ2) is 6.32. The average Bonchev–Trinajstić information content (AvgIpc) is 2.49. The van der Waals surface area contributed by atoms with Crippen molar-refractivity contribution in [2.24, 2.45) is 5.73 Å². The quantitative estimate of drug-likeness (QED) is 0.867. The van der Waals surface area contributed by atoms with Crippen LogP contribution in [0, 0.1) is 0 Å². The SMILES string of the molecule is NC(=S)c1ccc(OC2CCOC3(CCCCC3)C2)cc1. The molecule has 0 aromatic heterocycles. The molecule has 2 N–H and O–H groups in total. The molecule has 3 rings (SSSR count). The Bertz CT molecular complexity index is 489. The Balaban J connectivity index is 1.62. The van der Waals surface area contributed by atoms with E-state index in [9.17, 15) is 0 Å². The number of nitrogens with two attached hydrogens (primary N) is 1. The molecule has 0 amide bonds. The van der Waals surface area contributed by atoms with Crippen LogP contribution in [0.15, 0.2) is 24.3 Å². The van der Waals surface area contributed by atoms with E-state index in [1.54, 1.807) is 0 Å². The zero-order chi connectivity index (χ0) is 14.7. The van der Waals surface area contributed by atoms with Crippen molar-refractivity contribution in [1.29, 1.82) is 0 Å². The van der Waals surface area contributed by atoms with Gasteiger partial charge in [-0.05, 0) is 37.1 Å². The summed E-state index contributed by atoms with van der Waals surface area (Å²) in [5.41, 5.74) is 6.58. The van der Waals surface area contributed by atoms with Gasteiger partial charge in [-0.3, -0.25) is 0 Å². The molecule has 1 aromatic carbocycles. The van der Waals surface area contributed by atoms with Gasteiger partial charge in [0.1, 0.15) is 16.8 Å². The minimum absolute atomic E-state index is 0.0833. The van der Waals surface area contributed by atoms with Crippen molar-refractivity contribution >= 4 is 17.2 Å². The molecule has 1 aromatic rings. The molecule has 1 unspecified atom stereocenters. The molecule has 114 valence electrons. The largest absolute Gasteiger partial charge is 0.490 e. The van der Waals surface area contributed by atoms with E-state index in [0.717, 1.165) is 30.8 Å². The van der Waals surface area contributed by atoms with Crippen LogP contribution in [-0.4, -0.2) is 23.3 Å². The lowest BCUT2D eigenvalue weighted by Gasteiger charge is -2.43. The van der Waals surface area contributed by atoms with Gasteiger partial charge in [-0.1, -0.05) is 31.5 Å². The van der Waals surface area contributed by atoms with Crippen molar-refractivity contribution in [2.75, 3.05) is 6.61 Å². The van der Waals surface area contributed by atoms with E-state index in [0.29, 0.717) is 4.99 Å². The minimum atomic E-state index is 0.0833. The first-order valence-corrected chi connectivity index (χ1v) is 8.28. The van der Waals surface area contributed by atoms with Crippen molar-refractivity contribution in [1.82, 2.24) is 0 Å². The summed E-state index contributed by atoms with van der Waals surface area (Å²) in [5, 5.41) is 0. The second-order valence-electron chi connectivity index (χ2n) is 6.21. The van der Waals surface area contributed by atoms with Crippen LogP contribution >= 0.6 is 12.2 Å². The Kier molecular flexibility index (Phi) is 4.45. The Labute approximate surface area is 131 Å². The standard InChI is InChI=1S/C17H23NO2S/c18-16(21)13-4-6-14(7-5-13)20-15-8-11-19-17(12-15)9-2-1-3-10-17/h4-7,15H,1-3,8-12H2,(H2,18,21). The van der Waals surface area contributed by atoms with E-state index < -0.39 is 0 Å². The maximum atomic E-state index is 6.15. The summed E-state index contributed by atoms with van der Waals surface area (Å²) in [7, 11) is 0. The average molecular weight is 305 g/mol. The summed E-state index contributed by atoms with van der Waals surface area (Å²) < 4.78 is 12.3. The topological polar surface area (TPSA) is 44.5 Å². The first-order valence-electron chi connectivity index (χ1n) is 7.87. The van der Waals surface area contributed by atoms with Crippen molar-refractivity contribution in [3.05, 3.63) is 29.8 Å². The van der Waals surface area contributed by atoms with Gasteiger partial charge in [-0.25, -0.2) is 0 Å². The molecule has 21 heavy (non-hydrogen) atoms. The molecule has 1 heterocycles. The first-order chi connectivity index (χ1) is 10.2. The Morgan fingerprint density at radius 1 is 1.19 bits per heavy atom. The third-order valence-corrected chi connectivity index (χ3v) is 4.89. The van der Waals surface area contributed by atoms with Crippen molar-refractivity contribution in [2.45, 2.75) is 56.7 Å². The van der Waals surface area contributed by atoms with Gasteiger partial charge in [0.15, 0.2) is 0 Å². The van der Waals surface area contributed by atoms with Gasteiger partial charge in [0.2, 0.25) is 0 Å². The van der Waals surface area contributed by atoms with Crippen molar-refractivity contribution in [3.8, 4) is 5.75 Å². The fourth-order valence-corrected chi connectivity index (χ4v) is 3.65. The van der Waals surface area contributed by atoms with Crippen molar-refractivity contribution < 1.29 is 9.47 Å². The van der Waals surface area contributed by atoms with Gasteiger partial charge >= 0.3 is 0 Å². The molecule has 1 spiro atoms. The van der Waals surface area contributed by atoms with Gasteiger partial charge in [0.05, 0.1) is 12.2 Å². The smallest absolute Gasteiger partial charge is 0.119 e. The highest BCUT2D eigenvalue weighted by molar-refractivity contribution is 7.80. The number of hydrogen-bond acceptors (Lipinski definition) is 3. The third-order valence-electron chi connectivity index (χ3n) is 4.65. The van der Waals surface area contributed by atoms with Gasteiger partial charge in [0, 0.05) is 18.4 Å². The van der Waals surface area contributed by atoms with Crippen LogP contribution in [0.1, 0.15) is 50.5 Å². The van der Waals surface area contributed by atoms with Crippen LogP contribution in [0.5, 0.6) is 5.75 Å². The lowest BCUT2D eigenvalue weighted by Crippen LogP contribution is -2.45. The second-order valence-corrected chi connectivity index (χ2v) is 6.65. The van der Waals surface area contributed by atoms with Gasteiger partial charge < -0.3 is 15.2 Å². The van der Waals surface area contributed by atoms with E-state index in [4.69, 9.17) is 27.4 Å². The number of benzene rings is 1. The molecular weight excluding hydrogens is 282 g/mol. The van der Waals surface area contributed by atoms with Crippen molar-refractivity contribution in [3.63, 3.8) is 0 Å². The minimum Gasteiger partial charge on any atom is -0.490 e. The molecule has 3 nitrogen and oxygen atoms in total. The van der Waals surface area contributed by atoms with E-state index in [2.05, 4.69) is 0 Å². The van der Waals surface area contributed by atoms with E-state index in [-0.39, 0.29) is 11.7 Å². The highest BCUT2D eigenvalue weighted by atomic mass is 32.1. The zero-order valence-corrected chi connectivity index (χ0v) is 13.2. The maximum absolute atomic E-state index is 6.15. The Morgan fingerprint density at radius 2 is 1.90 bits per heavy atom. The predicted molar refractivity (Wildman–Crippen MR) is 87.7 cm³/mol. The summed E-state index contributed by atoms with van der Waals surface area (Å²) in [6.45, 7) is 0.815. The van der Waals surface area contributed by atoms with Gasteiger partial charge in [0.25, 0.3) is 0 Å². The number of thiocarbonyl (C=S) groups is 1. The lowest BCUT2D eigenvalue weighted by atomic mass is 9.79. The molecule has 1 aliphatic carbocycles. The summed E-state index contributed by atoms with van der Waals surface area (Å²) in [6, 6.07) is 7.76.